The normalized spacial score (nSPS) is 30.2. The van der Waals surface area contributed by atoms with Crippen molar-refractivity contribution in [2.45, 2.75) is 50.2 Å². The van der Waals surface area contributed by atoms with Gasteiger partial charge in [-0.15, -0.1) is 11.6 Å². The van der Waals surface area contributed by atoms with Gasteiger partial charge in [0.25, 0.3) is 0 Å². The van der Waals surface area contributed by atoms with Gasteiger partial charge in [-0.3, -0.25) is 0 Å². The molecular formula is C14H19ClO. The van der Waals surface area contributed by atoms with Gasteiger partial charge in [0, 0.05) is 5.38 Å². The minimum Gasteiger partial charge on any atom is -0.370 e. The fourth-order valence-electron chi connectivity index (χ4n) is 2.35. The molecule has 3 atom stereocenters. The standard InChI is InChI=1S/C14H19ClO/c1-2-6-13-9-12(15)10-14(16-13)11-7-4-3-5-8-11/h3-5,7-8,12-14H,2,6,9-10H2,1H3/t12?,13-,14-/m0/s1. The molecule has 0 N–H and O–H groups in total. The van der Waals surface area contributed by atoms with Gasteiger partial charge in [-0.25, -0.2) is 0 Å². The molecule has 16 heavy (non-hydrogen) atoms. The van der Waals surface area contributed by atoms with E-state index in [-0.39, 0.29) is 11.5 Å². The molecular weight excluding hydrogens is 220 g/mol. The molecule has 1 aromatic carbocycles. The van der Waals surface area contributed by atoms with Crippen LogP contribution in [0, 0.1) is 0 Å². The molecule has 2 rings (SSSR count). The fraction of sp³-hybridized carbons (Fsp3) is 0.571. The minimum atomic E-state index is 0.189. The van der Waals surface area contributed by atoms with Crippen molar-refractivity contribution in [2.24, 2.45) is 0 Å². The number of hydrogen-bond acceptors (Lipinski definition) is 1. The highest BCUT2D eigenvalue weighted by atomic mass is 35.5. The molecule has 1 unspecified atom stereocenters. The van der Waals surface area contributed by atoms with E-state index in [9.17, 15) is 0 Å². The van der Waals surface area contributed by atoms with Gasteiger partial charge in [-0.2, -0.15) is 0 Å². The summed E-state index contributed by atoms with van der Waals surface area (Å²) in [5.41, 5.74) is 1.26. The van der Waals surface area contributed by atoms with Crippen molar-refractivity contribution in [3.8, 4) is 0 Å². The number of alkyl halides is 1. The van der Waals surface area contributed by atoms with Crippen LogP contribution < -0.4 is 0 Å². The van der Waals surface area contributed by atoms with Crippen LogP contribution in [-0.2, 0) is 4.74 Å². The van der Waals surface area contributed by atoms with Gasteiger partial charge in [-0.1, -0.05) is 43.7 Å². The maximum absolute atomic E-state index is 6.31. The van der Waals surface area contributed by atoms with Crippen molar-refractivity contribution in [1.29, 1.82) is 0 Å². The zero-order valence-corrected chi connectivity index (χ0v) is 10.5. The zero-order valence-electron chi connectivity index (χ0n) is 9.73. The average molecular weight is 239 g/mol. The maximum Gasteiger partial charge on any atom is 0.0842 e. The number of hydrogen-bond donors (Lipinski definition) is 0. The Morgan fingerprint density at radius 2 is 2.00 bits per heavy atom. The van der Waals surface area contributed by atoms with Crippen molar-refractivity contribution in [3.05, 3.63) is 35.9 Å². The molecule has 2 heteroatoms. The van der Waals surface area contributed by atoms with Gasteiger partial charge < -0.3 is 4.74 Å². The molecule has 0 aromatic heterocycles. The summed E-state index contributed by atoms with van der Waals surface area (Å²) in [6, 6.07) is 10.4. The highest BCUT2D eigenvalue weighted by Gasteiger charge is 2.28. The van der Waals surface area contributed by atoms with Gasteiger partial charge in [-0.05, 0) is 24.8 Å². The van der Waals surface area contributed by atoms with Gasteiger partial charge >= 0.3 is 0 Å². The Morgan fingerprint density at radius 3 is 2.69 bits per heavy atom. The summed E-state index contributed by atoms with van der Waals surface area (Å²) in [7, 11) is 0. The monoisotopic (exact) mass is 238 g/mol. The minimum absolute atomic E-state index is 0.189. The Hall–Kier alpha value is -0.530. The maximum atomic E-state index is 6.31. The third-order valence-electron chi connectivity index (χ3n) is 3.13. The number of benzene rings is 1. The lowest BCUT2D eigenvalue weighted by Crippen LogP contribution is -2.28. The van der Waals surface area contributed by atoms with E-state index >= 15 is 0 Å². The topological polar surface area (TPSA) is 9.23 Å². The van der Waals surface area contributed by atoms with Gasteiger partial charge in [0.05, 0.1) is 12.2 Å². The summed E-state index contributed by atoms with van der Waals surface area (Å²) in [4.78, 5) is 0. The first-order valence-corrected chi connectivity index (χ1v) is 6.57. The van der Waals surface area contributed by atoms with Crippen molar-refractivity contribution in [1.82, 2.24) is 0 Å². The van der Waals surface area contributed by atoms with Crippen molar-refractivity contribution in [2.75, 3.05) is 0 Å². The van der Waals surface area contributed by atoms with Crippen LogP contribution in [0.25, 0.3) is 0 Å². The van der Waals surface area contributed by atoms with E-state index in [0.29, 0.717) is 6.10 Å². The summed E-state index contributed by atoms with van der Waals surface area (Å²) in [5, 5.41) is 0.260. The molecule has 0 amide bonds. The molecule has 0 radical (unpaired) electrons. The van der Waals surface area contributed by atoms with E-state index in [1.165, 1.54) is 5.56 Å². The van der Waals surface area contributed by atoms with Crippen LogP contribution in [0.1, 0.15) is 44.3 Å². The largest absolute Gasteiger partial charge is 0.370 e. The lowest BCUT2D eigenvalue weighted by Gasteiger charge is -2.33. The third-order valence-corrected chi connectivity index (χ3v) is 3.48. The first-order valence-electron chi connectivity index (χ1n) is 6.14. The molecule has 1 nitrogen and oxygen atoms in total. The highest BCUT2D eigenvalue weighted by Crippen LogP contribution is 2.35. The van der Waals surface area contributed by atoms with E-state index in [2.05, 4.69) is 31.2 Å². The Balaban J connectivity index is 2.04. The van der Waals surface area contributed by atoms with Crippen molar-refractivity contribution in [3.63, 3.8) is 0 Å². The summed E-state index contributed by atoms with van der Waals surface area (Å²) < 4.78 is 6.10. The predicted molar refractivity (Wildman–Crippen MR) is 67.8 cm³/mol. The second kappa shape index (κ2) is 5.70. The molecule has 1 aliphatic rings. The zero-order chi connectivity index (χ0) is 11.4. The summed E-state index contributed by atoms with van der Waals surface area (Å²) in [6.07, 6.45) is 4.74. The second-order valence-electron chi connectivity index (χ2n) is 4.51. The molecule has 1 aromatic rings. The highest BCUT2D eigenvalue weighted by molar-refractivity contribution is 6.20. The van der Waals surface area contributed by atoms with E-state index in [4.69, 9.17) is 16.3 Å². The number of ether oxygens (including phenoxy) is 1. The van der Waals surface area contributed by atoms with E-state index in [1.54, 1.807) is 0 Å². The number of halogens is 1. The lowest BCUT2D eigenvalue weighted by molar-refractivity contribution is -0.0532. The molecule has 0 spiro atoms. The van der Waals surface area contributed by atoms with E-state index in [1.807, 2.05) is 6.07 Å². The molecule has 0 aliphatic carbocycles. The molecule has 0 bridgehead atoms. The van der Waals surface area contributed by atoms with Gasteiger partial charge in [0.15, 0.2) is 0 Å². The van der Waals surface area contributed by atoms with Crippen LogP contribution in [0.5, 0.6) is 0 Å². The van der Waals surface area contributed by atoms with Gasteiger partial charge in [0.1, 0.15) is 0 Å². The third kappa shape index (κ3) is 2.99. The number of rotatable bonds is 3. The molecule has 1 aliphatic heterocycles. The van der Waals surface area contributed by atoms with E-state index < -0.39 is 0 Å². The molecule has 1 fully saturated rings. The van der Waals surface area contributed by atoms with Crippen molar-refractivity contribution >= 4 is 11.6 Å². The van der Waals surface area contributed by atoms with Crippen LogP contribution in [0.2, 0.25) is 0 Å². The molecule has 0 saturated carbocycles. The Bertz CT molecular complexity index is 312. The first kappa shape index (κ1) is 11.9. The van der Waals surface area contributed by atoms with Crippen LogP contribution in [0.15, 0.2) is 30.3 Å². The summed E-state index contributed by atoms with van der Waals surface area (Å²) >= 11 is 6.31. The van der Waals surface area contributed by atoms with E-state index in [0.717, 1.165) is 25.7 Å². The smallest absolute Gasteiger partial charge is 0.0842 e. The summed E-state index contributed by atoms with van der Waals surface area (Å²) in [5.74, 6) is 0. The lowest BCUT2D eigenvalue weighted by atomic mass is 9.96. The molecule has 88 valence electrons. The Labute approximate surface area is 103 Å². The fourth-order valence-corrected chi connectivity index (χ4v) is 2.71. The second-order valence-corrected chi connectivity index (χ2v) is 5.13. The van der Waals surface area contributed by atoms with Gasteiger partial charge in [0.2, 0.25) is 0 Å². The summed E-state index contributed by atoms with van der Waals surface area (Å²) in [6.45, 7) is 2.19. The van der Waals surface area contributed by atoms with Crippen LogP contribution in [0.4, 0.5) is 0 Å². The van der Waals surface area contributed by atoms with Crippen LogP contribution in [-0.4, -0.2) is 11.5 Å². The molecule has 1 saturated heterocycles. The Kier molecular flexibility index (Phi) is 4.25. The molecule has 1 heterocycles. The Morgan fingerprint density at radius 1 is 1.25 bits per heavy atom. The first-order chi connectivity index (χ1) is 7.79. The average Bonchev–Trinajstić information content (AvgIpc) is 2.30. The predicted octanol–water partition coefficient (Wildman–Crippen LogP) is 4.31. The van der Waals surface area contributed by atoms with Crippen LogP contribution >= 0.6 is 11.6 Å². The van der Waals surface area contributed by atoms with Crippen LogP contribution in [0.3, 0.4) is 0 Å². The van der Waals surface area contributed by atoms with Crippen molar-refractivity contribution < 1.29 is 4.74 Å². The SMILES string of the molecule is CCC[C@H]1CC(Cl)C[C@@H](c2ccccc2)O1. The quantitative estimate of drug-likeness (QED) is 0.713.